The van der Waals surface area contributed by atoms with Gasteiger partial charge in [0.1, 0.15) is 0 Å². The molecule has 4 rings (SSSR count). The first-order valence-electron chi connectivity index (χ1n) is 9.45. The van der Waals surface area contributed by atoms with Gasteiger partial charge in [-0.05, 0) is 37.6 Å². The van der Waals surface area contributed by atoms with Gasteiger partial charge < -0.3 is 10.2 Å². The summed E-state index contributed by atoms with van der Waals surface area (Å²) in [5.74, 6) is 0.262. The molecule has 8 heteroatoms. The minimum absolute atomic E-state index is 0.0693. The van der Waals surface area contributed by atoms with E-state index in [4.69, 9.17) is 0 Å². The number of thioether (sulfide) groups is 1. The van der Waals surface area contributed by atoms with Crippen LogP contribution in [0.4, 0.5) is 11.4 Å². The molecule has 1 N–H and O–H groups in total. The number of amidine groups is 1. The maximum Gasteiger partial charge on any atom is 0.234 e. The van der Waals surface area contributed by atoms with Crippen molar-refractivity contribution in [3.05, 3.63) is 59.7 Å². The first-order valence-corrected chi connectivity index (χ1v) is 12.3. The molecule has 2 aromatic rings. The third-order valence-electron chi connectivity index (χ3n) is 5.13. The molecule has 1 saturated heterocycles. The fourth-order valence-corrected chi connectivity index (χ4v) is 6.56. The summed E-state index contributed by atoms with van der Waals surface area (Å²) >= 11 is 1.35. The van der Waals surface area contributed by atoms with Gasteiger partial charge in [-0.1, -0.05) is 47.7 Å². The van der Waals surface area contributed by atoms with Crippen LogP contribution in [-0.2, 0) is 14.6 Å². The van der Waals surface area contributed by atoms with Crippen molar-refractivity contribution in [1.29, 1.82) is 0 Å². The molecular formula is C21H23N3O3S2. The first kappa shape index (κ1) is 20.0. The maximum atomic E-state index is 12.5. The molecule has 29 heavy (non-hydrogen) atoms. The molecule has 0 aromatic heterocycles. The monoisotopic (exact) mass is 429 g/mol. The van der Waals surface area contributed by atoms with Crippen LogP contribution in [0.3, 0.4) is 0 Å². The fourth-order valence-electron chi connectivity index (χ4n) is 3.79. The van der Waals surface area contributed by atoms with E-state index in [2.05, 4.69) is 10.3 Å². The number of fused-ring (bicyclic) bond motifs is 1. The number of amides is 1. The van der Waals surface area contributed by atoms with Crippen molar-refractivity contribution in [3.8, 4) is 0 Å². The summed E-state index contributed by atoms with van der Waals surface area (Å²) in [7, 11) is -3.09. The Bertz CT molecular complexity index is 1070. The number of benzene rings is 2. The lowest BCUT2D eigenvalue weighted by Gasteiger charge is -2.26. The van der Waals surface area contributed by atoms with Gasteiger partial charge in [-0.2, -0.15) is 0 Å². The number of sulfone groups is 1. The number of para-hydroxylation sites is 1. The zero-order valence-corrected chi connectivity index (χ0v) is 18.0. The maximum absolute atomic E-state index is 12.5. The van der Waals surface area contributed by atoms with E-state index in [-0.39, 0.29) is 35.2 Å². The van der Waals surface area contributed by atoms with Crippen LogP contribution in [0.5, 0.6) is 0 Å². The van der Waals surface area contributed by atoms with E-state index < -0.39 is 9.84 Å². The highest BCUT2D eigenvalue weighted by Crippen LogP contribution is 2.35. The molecule has 2 aliphatic heterocycles. The van der Waals surface area contributed by atoms with Crippen LogP contribution in [-0.4, -0.2) is 48.8 Å². The zero-order valence-electron chi connectivity index (χ0n) is 16.3. The second-order valence-electron chi connectivity index (χ2n) is 7.48. The van der Waals surface area contributed by atoms with Crippen molar-refractivity contribution in [2.24, 2.45) is 4.99 Å². The predicted molar refractivity (Wildman–Crippen MR) is 120 cm³/mol. The predicted octanol–water partition coefficient (Wildman–Crippen LogP) is 3.02. The highest BCUT2D eigenvalue weighted by atomic mass is 32.2. The van der Waals surface area contributed by atoms with E-state index in [1.807, 2.05) is 67.3 Å². The molecule has 1 amide bonds. The van der Waals surface area contributed by atoms with Gasteiger partial charge in [0.25, 0.3) is 0 Å². The number of nitrogens with zero attached hydrogens (tertiary/aromatic N) is 2. The van der Waals surface area contributed by atoms with Gasteiger partial charge in [0.15, 0.2) is 15.0 Å². The molecule has 0 saturated carbocycles. The molecular weight excluding hydrogens is 406 g/mol. The highest BCUT2D eigenvalue weighted by molar-refractivity contribution is 8.14. The van der Waals surface area contributed by atoms with E-state index in [1.165, 1.54) is 11.8 Å². The molecule has 2 aliphatic rings. The summed E-state index contributed by atoms with van der Waals surface area (Å²) < 4.78 is 24.2. The average molecular weight is 430 g/mol. The molecule has 0 spiro atoms. The van der Waals surface area contributed by atoms with Crippen molar-refractivity contribution in [2.45, 2.75) is 25.9 Å². The molecule has 2 heterocycles. The Morgan fingerprint density at radius 1 is 1.17 bits per heavy atom. The van der Waals surface area contributed by atoms with Gasteiger partial charge in [-0.15, -0.1) is 0 Å². The lowest BCUT2D eigenvalue weighted by atomic mass is 10.1. The van der Waals surface area contributed by atoms with Crippen molar-refractivity contribution in [1.82, 2.24) is 0 Å². The lowest BCUT2D eigenvalue weighted by Crippen LogP contribution is -2.39. The van der Waals surface area contributed by atoms with Gasteiger partial charge in [0.2, 0.25) is 5.91 Å². The Labute approximate surface area is 175 Å². The molecule has 0 aliphatic carbocycles. The van der Waals surface area contributed by atoms with Crippen LogP contribution >= 0.6 is 11.8 Å². The molecule has 0 radical (unpaired) electrons. The number of hydrogen-bond donors (Lipinski definition) is 1. The van der Waals surface area contributed by atoms with Crippen molar-refractivity contribution < 1.29 is 13.2 Å². The quantitative estimate of drug-likeness (QED) is 0.808. The molecule has 1 fully saturated rings. The molecule has 2 atom stereocenters. The van der Waals surface area contributed by atoms with E-state index in [1.54, 1.807) is 0 Å². The number of aryl methyl sites for hydroxylation is 2. The second-order valence-corrected chi connectivity index (χ2v) is 10.6. The smallest absolute Gasteiger partial charge is 0.234 e. The number of anilines is 2. The SMILES string of the molecule is Cc1ccc(NC(=O)CSC2=N[C@H]3CS(=O)(=O)C[C@@H]3N2c2ccccc2)c(C)c1. The third-order valence-corrected chi connectivity index (χ3v) is 7.80. The van der Waals surface area contributed by atoms with Gasteiger partial charge in [-0.25, -0.2) is 8.42 Å². The number of rotatable bonds is 4. The fraction of sp³-hybridized carbons (Fsp3) is 0.333. The van der Waals surface area contributed by atoms with E-state index >= 15 is 0 Å². The first-order chi connectivity index (χ1) is 13.8. The van der Waals surface area contributed by atoms with E-state index in [0.29, 0.717) is 5.17 Å². The van der Waals surface area contributed by atoms with Crippen molar-refractivity contribution in [3.63, 3.8) is 0 Å². The van der Waals surface area contributed by atoms with Crippen molar-refractivity contribution >= 4 is 44.0 Å². The van der Waals surface area contributed by atoms with Gasteiger partial charge in [0.05, 0.1) is 29.3 Å². The third kappa shape index (κ3) is 4.33. The van der Waals surface area contributed by atoms with Crippen LogP contribution in [0.25, 0.3) is 0 Å². The second kappa shape index (κ2) is 7.84. The highest BCUT2D eigenvalue weighted by Gasteiger charge is 2.47. The minimum Gasteiger partial charge on any atom is -0.325 e. The van der Waals surface area contributed by atoms with Gasteiger partial charge in [0, 0.05) is 11.4 Å². The largest absolute Gasteiger partial charge is 0.325 e. The minimum atomic E-state index is -3.09. The Hall–Kier alpha value is -2.32. The molecule has 0 unspecified atom stereocenters. The van der Waals surface area contributed by atoms with Crippen LogP contribution in [0.15, 0.2) is 53.5 Å². The average Bonchev–Trinajstić information content (AvgIpc) is 3.14. The zero-order chi connectivity index (χ0) is 20.6. The van der Waals surface area contributed by atoms with Crippen LogP contribution in [0.2, 0.25) is 0 Å². The number of carbonyl (C=O) groups is 1. The van der Waals surface area contributed by atoms with E-state index in [9.17, 15) is 13.2 Å². The Kier molecular flexibility index (Phi) is 5.40. The number of hydrogen-bond acceptors (Lipinski definition) is 6. The summed E-state index contributed by atoms with van der Waals surface area (Å²) in [6, 6.07) is 15.1. The Balaban J connectivity index is 1.48. The van der Waals surface area contributed by atoms with Gasteiger partial charge in [-0.3, -0.25) is 9.79 Å². The summed E-state index contributed by atoms with van der Waals surface area (Å²) in [5.41, 5.74) is 3.87. The molecule has 6 nitrogen and oxygen atoms in total. The van der Waals surface area contributed by atoms with Crippen LogP contribution in [0.1, 0.15) is 11.1 Å². The number of aliphatic imine (C=N–C) groups is 1. The standard InChI is InChI=1S/C21H23N3O3S2/c1-14-8-9-17(15(2)10-14)22-20(25)11-28-21-23-18-12-29(26,27)13-19(18)24(21)16-6-4-3-5-7-16/h3-10,18-19H,11-13H2,1-2H3,(H,22,25)/t18-,19-/m0/s1. The van der Waals surface area contributed by atoms with E-state index in [0.717, 1.165) is 22.5 Å². The van der Waals surface area contributed by atoms with Crippen LogP contribution < -0.4 is 10.2 Å². The summed E-state index contributed by atoms with van der Waals surface area (Å²) in [5, 5.41) is 3.66. The normalized spacial score (nSPS) is 22.3. The molecule has 152 valence electrons. The Morgan fingerprint density at radius 2 is 1.93 bits per heavy atom. The summed E-state index contributed by atoms with van der Waals surface area (Å²) in [6.45, 7) is 3.98. The topological polar surface area (TPSA) is 78.8 Å². The van der Waals surface area contributed by atoms with Crippen LogP contribution in [0, 0.1) is 13.8 Å². The molecule has 0 bridgehead atoms. The van der Waals surface area contributed by atoms with Crippen molar-refractivity contribution in [2.75, 3.05) is 27.5 Å². The lowest BCUT2D eigenvalue weighted by molar-refractivity contribution is -0.113. The Morgan fingerprint density at radius 3 is 2.66 bits per heavy atom. The molecule has 2 aromatic carbocycles. The van der Waals surface area contributed by atoms with Gasteiger partial charge >= 0.3 is 0 Å². The summed E-state index contributed by atoms with van der Waals surface area (Å²) in [4.78, 5) is 19.1. The number of carbonyl (C=O) groups excluding carboxylic acids is 1. The summed E-state index contributed by atoms with van der Waals surface area (Å²) in [6.07, 6.45) is 0. The number of nitrogens with one attached hydrogen (secondary N) is 1.